The normalized spacial score (nSPS) is 26.6. The Balaban J connectivity index is 1.55. The topological polar surface area (TPSA) is 78.1 Å². The minimum atomic E-state index is -0.602. The van der Waals surface area contributed by atoms with Crippen LogP contribution in [0.5, 0.6) is 0 Å². The number of nitriles is 1. The van der Waals surface area contributed by atoms with Crippen LogP contribution in [-0.4, -0.2) is 21.7 Å². The number of halogens is 1. The van der Waals surface area contributed by atoms with Gasteiger partial charge in [-0.15, -0.1) is 0 Å². The van der Waals surface area contributed by atoms with Crippen molar-refractivity contribution in [2.45, 2.75) is 37.7 Å². The van der Waals surface area contributed by atoms with Gasteiger partial charge in [0.15, 0.2) is 0 Å². The molecule has 1 aromatic heterocycles. The molecular formula is C21H22FN3O2. The Kier molecular flexibility index (Phi) is 4.48. The molecule has 1 heterocycles. The highest BCUT2D eigenvalue weighted by atomic mass is 19.1. The summed E-state index contributed by atoms with van der Waals surface area (Å²) in [6.07, 6.45) is 5.44. The average Bonchev–Trinajstić information content (AvgIpc) is 3.28. The molecule has 0 aliphatic heterocycles. The van der Waals surface area contributed by atoms with E-state index in [2.05, 4.69) is 5.32 Å². The first-order valence-corrected chi connectivity index (χ1v) is 9.30. The molecule has 1 aromatic carbocycles. The number of fused-ring (bicyclic) bond motifs is 1. The fraction of sp³-hybridized carbons (Fsp3) is 0.429. The second-order valence-corrected chi connectivity index (χ2v) is 7.80. The van der Waals surface area contributed by atoms with Crippen molar-refractivity contribution < 1.29 is 14.3 Å². The number of aliphatic hydroxyl groups excluding tert-OH is 1. The van der Waals surface area contributed by atoms with Gasteiger partial charge in [-0.3, -0.25) is 4.79 Å². The van der Waals surface area contributed by atoms with Gasteiger partial charge < -0.3 is 15.0 Å². The van der Waals surface area contributed by atoms with E-state index in [1.165, 1.54) is 18.2 Å². The molecule has 5 nitrogen and oxygen atoms in total. The lowest BCUT2D eigenvalue weighted by Crippen LogP contribution is -2.18. The van der Waals surface area contributed by atoms with Gasteiger partial charge >= 0.3 is 0 Å². The summed E-state index contributed by atoms with van der Waals surface area (Å²) in [5.41, 5.74) is 1.93. The molecule has 2 aromatic rings. The Morgan fingerprint density at radius 1 is 1.26 bits per heavy atom. The van der Waals surface area contributed by atoms with Crippen LogP contribution in [-0.2, 0) is 7.05 Å². The molecule has 2 N–H and O–H groups in total. The van der Waals surface area contributed by atoms with Crippen LogP contribution in [0.4, 0.5) is 10.1 Å². The number of carbonyl (C=O) groups is 1. The van der Waals surface area contributed by atoms with Gasteiger partial charge in [0.2, 0.25) is 0 Å². The average molecular weight is 367 g/mol. The minimum absolute atomic E-state index is 0.0953. The molecule has 1 amide bonds. The molecule has 6 heteroatoms. The lowest BCUT2D eigenvalue weighted by Gasteiger charge is -2.15. The molecule has 0 saturated heterocycles. The van der Waals surface area contributed by atoms with Gasteiger partial charge in [-0.25, -0.2) is 4.39 Å². The maximum absolute atomic E-state index is 13.5. The first-order valence-electron chi connectivity index (χ1n) is 9.30. The smallest absolute Gasteiger partial charge is 0.272 e. The third kappa shape index (κ3) is 3.24. The number of hydrogen-bond acceptors (Lipinski definition) is 3. The number of anilines is 1. The molecule has 2 fully saturated rings. The van der Waals surface area contributed by atoms with Crippen molar-refractivity contribution in [2.24, 2.45) is 18.9 Å². The van der Waals surface area contributed by atoms with E-state index >= 15 is 0 Å². The van der Waals surface area contributed by atoms with Crippen molar-refractivity contribution in [1.29, 1.82) is 5.26 Å². The molecule has 0 radical (unpaired) electrons. The molecule has 0 spiro atoms. The molecule has 140 valence electrons. The fourth-order valence-corrected chi connectivity index (χ4v) is 4.89. The Morgan fingerprint density at radius 2 is 1.96 bits per heavy atom. The number of nitrogens with one attached hydrogen (secondary N) is 1. The van der Waals surface area contributed by atoms with Crippen molar-refractivity contribution >= 4 is 11.6 Å². The number of rotatable bonds is 3. The van der Waals surface area contributed by atoms with E-state index in [1.807, 2.05) is 23.9 Å². The van der Waals surface area contributed by atoms with E-state index in [1.54, 1.807) is 6.07 Å². The summed E-state index contributed by atoms with van der Waals surface area (Å²) in [7, 11) is 1.84. The van der Waals surface area contributed by atoms with Crippen LogP contribution < -0.4 is 5.32 Å². The van der Waals surface area contributed by atoms with Crippen LogP contribution in [0, 0.1) is 29.0 Å². The highest BCUT2D eigenvalue weighted by molar-refractivity contribution is 6.04. The van der Waals surface area contributed by atoms with E-state index in [9.17, 15) is 14.3 Å². The molecule has 2 aliphatic carbocycles. The fourth-order valence-electron chi connectivity index (χ4n) is 4.89. The molecule has 0 bridgehead atoms. The second-order valence-electron chi connectivity index (χ2n) is 7.80. The Hall–Kier alpha value is -2.65. The predicted octanol–water partition coefficient (Wildman–Crippen LogP) is 3.55. The minimum Gasteiger partial charge on any atom is -0.393 e. The highest BCUT2D eigenvalue weighted by Gasteiger charge is 2.42. The number of nitrogens with zero attached hydrogens (tertiary/aromatic N) is 2. The van der Waals surface area contributed by atoms with Crippen LogP contribution in [0.3, 0.4) is 0 Å². The molecule has 27 heavy (non-hydrogen) atoms. The van der Waals surface area contributed by atoms with E-state index in [0.717, 1.165) is 31.2 Å². The highest BCUT2D eigenvalue weighted by Crippen LogP contribution is 2.51. The Bertz CT molecular complexity index is 916. The van der Waals surface area contributed by atoms with Crippen molar-refractivity contribution in [1.82, 2.24) is 4.57 Å². The Morgan fingerprint density at radius 3 is 2.63 bits per heavy atom. The molecule has 2 aliphatic rings. The van der Waals surface area contributed by atoms with Gasteiger partial charge in [0, 0.05) is 18.9 Å². The van der Waals surface area contributed by atoms with Gasteiger partial charge in [0.05, 0.1) is 11.7 Å². The maximum Gasteiger partial charge on any atom is 0.272 e. The number of hydrogen-bond donors (Lipinski definition) is 2. The molecule has 2 unspecified atom stereocenters. The second kappa shape index (κ2) is 6.82. The van der Waals surface area contributed by atoms with Crippen LogP contribution in [0.1, 0.15) is 53.2 Å². The van der Waals surface area contributed by atoms with Gasteiger partial charge in [-0.2, -0.15) is 5.26 Å². The van der Waals surface area contributed by atoms with Crippen LogP contribution >= 0.6 is 0 Å². The van der Waals surface area contributed by atoms with E-state index < -0.39 is 5.82 Å². The van der Waals surface area contributed by atoms with Gasteiger partial charge in [0.25, 0.3) is 5.91 Å². The number of benzene rings is 1. The van der Waals surface area contributed by atoms with Crippen molar-refractivity contribution in [3.05, 3.63) is 53.1 Å². The zero-order valence-corrected chi connectivity index (χ0v) is 15.2. The summed E-state index contributed by atoms with van der Waals surface area (Å²) >= 11 is 0. The van der Waals surface area contributed by atoms with Crippen LogP contribution in [0.25, 0.3) is 0 Å². The maximum atomic E-state index is 13.5. The van der Waals surface area contributed by atoms with Gasteiger partial charge in [-0.05, 0) is 73.3 Å². The predicted molar refractivity (Wildman–Crippen MR) is 98.7 cm³/mol. The monoisotopic (exact) mass is 367 g/mol. The SMILES string of the molecule is Cn1ccc(C2CC3CC(O)CC3C2)c1C(=O)Nc1ccc(F)c(C#N)c1. The largest absolute Gasteiger partial charge is 0.393 e. The third-order valence-corrected chi connectivity index (χ3v) is 6.09. The van der Waals surface area contributed by atoms with E-state index in [0.29, 0.717) is 29.1 Å². The lowest BCUT2D eigenvalue weighted by molar-refractivity contribution is 0.101. The van der Waals surface area contributed by atoms with E-state index in [-0.39, 0.29) is 17.6 Å². The summed E-state index contributed by atoms with van der Waals surface area (Å²) in [4.78, 5) is 12.9. The van der Waals surface area contributed by atoms with Crippen molar-refractivity contribution in [3.63, 3.8) is 0 Å². The molecule has 2 saturated carbocycles. The quantitative estimate of drug-likeness (QED) is 0.871. The van der Waals surface area contributed by atoms with Crippen molar-refractivity contribution in [2.75, 3.05) is 5.32 Å². The summed E-state index contributed by atoms with van der Waals surface area (Å²) in [6.45, 7) is 0. The molecule has 4 rings (SSSR count). The first kappa shape index (κ1) is 17.7. The zero-order chi connectivity index (χ0) is 19.1. The third-order valence-electron chi connectivity index (χ3n) is 6.09. The lowest BCUT2D eigenvalue weighted by atomic mass is 9.94. The van der Waals surface area contributed by atoms with Crippen LogP contribution in [0.2, 0.25) is 0 Å². The number of aliphatic hydroxyl groups is 1. The summed E-state index contributed by atoms with van der Waals surface area (Å²) < 4.78 is 15.3. The number of amides is 1. The molecule has 2 atom stereocenters. The number of carbonyl (C=O) groups excluding carboxylic acids is 1. The summed E-state index contributed by atoms with van der Waals surface area (Å²) in [5.74, 6) is 0.532. The first-order chi connectivity index (χ1) is 13.0. The Labute approximate surface area is 157 Å². The summed E-state index contributed by atoms with van der Waals surface area (Å²) in [5, 5.41) is 21.6. The number of aromatic nitrogens is 1. The zero-order valence-electron chi connectivity index (χ0n) is 15.2. The summed E-state index contributed by atoms with van der Waals surface area (Å²) in [6, 6.07) is 7.77. The van der Waals surface area contributed by atoms with Crippen LogP contribution in [0.15, 0.2) is 30.5 Å². The molecular weight excluding hydrogens is 345 g/mol. The number of aryl methyl sites for hydroxylation is 1. The standard InChI is InChI=1S/C21H22FN3O2/c1-25-5-4-18(14-6-12-9-17(26)10-13(12)7-14)20(25)21(27)24-16-2-3-19(22)15(8-16)11-23/h2-5,8,12-14,17,26H,6-7,9-10H2,1H3,(H,24,27). The van der Waals surface area contributed by atoms with Gasteiger partial charge in [-0.1, -0.05) is 0 Å². The van der Waals surface area contributed by atoms with E-state index in [4.69, 9.17) is 5.26 Å². The van der Waals surface area contributed by atoms with Gasteiger partial charge in [0.1, 0.15) is 17.6 Å². The van der Waals surface area contributed by atoms with Crippen molar-refractivity contribution in [3.8, 4) is 6.07 Å².